The second-order valence-electron chi connectivity index (χ2n) is 3.74. The highest BCUT2D eigenvalue weighted by Crippen LogP contribution is 2.23. The van der Waals surface area contributed by atoms with Gasteiger partial charge in [0.25, 0.3) is 0 Å². The number of nitrogens with one attached hydrogen (secondary N) is 1. The normalized spacial score (nSPS) is 10.0. The highest BCUT2D eigenvalue weighted by molar-refractivity contribution is 9.11. The van der Waals surface area contributed by atoms with Gasteiger partial charge >= 0.3 is 0 Å². The molecule has 0 aliphatic heterocycles. The Kier molecular flexibility index (Phi) is 4.81. The largest absolute Gasteiger partial charge is 0.379 e. The number of halogens is 3. The topological polar surface area (TPSA) is 48.7 Å². The molecule has 0 amide bonds. The van der Waals surface area contributed by atoms with Crippen LogP contribution < -0.4 is 5.32 Å². The fourth-order valence-electron chi connectivity index (χ4n) is 1.47. The van der Waals surface area contributed by atoms with Crippen LogP contribution in [0.15, 0.2) is 39.4 Å². The summed E-state index contributed by atoms with van der Waals surface area (Å²) >= 11 is 12.8. The summed E-state index contributed by atoms with van der Waals surface area (Å²) in [5, 5.41) is 12.5. The lowest BCUT2D eigenvalue weighted by molar-refractivity contribution is 1.03. The van der Waals surface area contributed by atoms with Crippen molar-refractivity contribution in [2.24, 2.45) is 0 Å². The van der Waals surface area contributed by atoms with Gasteiger partial charge in [0.15, 0.2) is 0 Å². The Bertz CT molecular complexity index is 653. The summed E-state index contributed by atoms with van der Waals surface area (Å²) in [5.41, 5.74) is 2.21. The minimum atomic E-state index is 0.440. The van der Waals surface area contributed by atoms with Gasteiger partial charge in [-0.1, -0.05) is 11.6 Å². The van der Waals surface area contributed by atoms with Gasteiger partial charge in [-0.3, -0.25) is 4.98 Å². The molecular formula is C13H8Br2ClN3. The van der Waals surface area contributed by atoms with Gasteiger partial charge in [-0.05, 0) is 56.1 Å². The lowest BCUT2D eigenvalue weighted by Gasteiger charge is -2.08. The summed E-state index contributed by atoms with van der Waals surface area (Å²) in [6.07, 6.45) is 1.74. The molecule has 3 nitrogen and oxygen atoms in total. The van der Waals surface area contributed by atoms with E-state index in [1.165, 1.54) is 0 Å². The zero-order chi connectivity index (χ0) is 13.8. The zero-order valence-corrected chi connectivity index (χ0v) is 13.6. The molecule has 0 saturated carbocycles. The third-order valence-electron chi connectivity index (χ3n) is 2.43. The number of nitrogens with zero attached hydrogens (tertiary/aromatic N) is 2. The van der Waals surface area contributed by atoms with E-state index in [2.05, 4.69) is 42.2 Å². The summed E-state index contributed by atoms with van der Waals surface area (Å²) in [6, 6.07) is 9.20. The van der Waals surface area contributed by atoms with Crippen molar-refractivity contribution in [1.29, 1.82) is 5.26 Å². The maximum absolute atomic E-state index is 8.80. The van der Waals surface area contributed by atoms with Crippen LogP contribution in [0, 0.1) is 11.3 Å². The molecule has 0 saturated heterocycles. The summed E-state index contributed by atoms with van der Waals surface area (Å²) in [4.78, 5) is 4.31. The molecule has 0 atom stereocenters. The van der Waals surface area contributed by atoms with Crippen molar-refractivity contribution in [2.75, 3.05) is 5.32 Å². The molecule has 0 spiro atoms. The fourth-order valence-corrected chi connectivity index (χ4v) is 2.82. The van der Waals surface area contributed by atoms with Gasteiger partial charge in [-0.15, -0.1) is 0 Å². The van der Waals surface area contributed by atoms with Crippen LogP contribution in [0.4, 0.5) is 5.69 Å². The number of anilines is 1. The lowest BCUT2D eigenvalue weighted by Crippen LogP contribution is -2.02. The van der Waals surface area contributed by atoms with Crippen molar-refractivity contribution < 1.29 is 0 Å². The molecule has 0 aliphatic carbocycles. The highest BCUT2D eigenvalue weighted by Gasteiger charge is 2.04. The van der Waals surface area contributed by atoms with Gasteiger partial charge in [0, 0.05) is 20.8 Å². The predicted octanol–water partition coefficient (Wildman–Crippen LogP) is 4.74. The first-order valence-electron chi connectivity index (χ1n) is 5.33. The first kappa shape index (κ1) is 14.3. The third-order valence-corrected chi connectivity index (χ3v) is 3.87. The molecular weight excluding hydrogens is 393 g/mol. The predicted molar refractivity (Wildman–Crippen MR) is 83.1 cm³/mol. The number of hydrogen-bond donors (Lipinski definition) is 1. The highest BCUT2D eigenvalue weighted by atomic mass is 79.9. The Hall–Kier alpha value is -1.09. The zero-order valence-electron chi connectivity index (χ0n) is 9.62. The summed E-state index contributed by atoms with van der Waals surface area (Å²) in [5.74, 6) is 0. The van der Waals surface area contributed by atoms with E-state index in [9.17, 15) is 0 Å². The molecule has 0 unspecified atom stereocenters. The SMILES string of the molecule is N#Cc1ccc(NCc2ncc(Br)cc2Br)cc1Cl. The molecule has 19 heavy (non-hydrogen) atoms. The van der Waals surface area contributed by atoms with Gasteiger partial charge in [-0.25, -0.2) is 0 Å². The van der Waals surface area contributed by atoms with E-state index in [0.29, 0.717) is 17.1 Å². The van der Waals surface area contributed by atoms with Crippen molar-refractivity contribution in [2.45, 2.75) is 6.54 Å². The quantitative estimate of drug-likeness (QED) is 0.808. The average molecular weight is 401 g/mol. The molecule has 0 aliphatic rings. The van der Waals surface area contributed by atoms with Crippen LogP contribution in [0.3, 0.4) is 0 Å². The monoisotopic (exact) mass is 399 g/mol. The smallest absolute Gasteiger partial charge is 0.101 e. The Morgan fingerprint density at radius 3 is 2.74 bits per heavy atom. The van der Waals surface area contributed by atoms with Crippen molar-refractivity contribution in [1.82, 2.24) is 4.98 Å². The first-order chi connectivity index (χ1) is 9.10. The number of pyridine rings is 1. The average Bonchev–Trinajstić information content (AvgIpc) is 2.38. The van der Waals surface area contributed by atoms with Crippen LogP contribution in [0.5, 0.6) is 0 Å². The van der Waals surface area contributed by atoms with Crippen LogP contribution in [0.25, 0.3) is 0 Å². The summed E-state index contributed by atoms with van der Waals surface area (Å²) in [7, 11) is 0. The first-order valence-corrected chi connectivity index (χ1v) is 7.30. The van der Waals surface area contributed by atoms with Crippen molar-refractivity contribution in [3.05, 3.63) is 55.7 Å². The van der Waals surface area contributed by atoms with Crippen molar-refractivity contribution in [3.8, 4) is 6.07 Å². The summed E-state index contributed by atoms with van der Waals surface area (Å²) < 4.78 is 1.85. The van der Waals surface area contributed by atoms with E-state index in [-0.39, 0.29) is 0 Å². The Labute approximate surface area is 132 Å². The van der Waals surface area contributed by atoms with E-state index < -0.39 is 0 Å². The van der Waals surface area contributed by atoms with Crippen LogP contribution in [0.1, 0.15) is 11.3 Å². The molecule has 1 heterocycles. The molecule has 0 bridgehead atoms. The lowest BCUT2D eigenvalue weighted by atomic mass is 10.2. The van der Waals surface area contributed by atoms with E-state index in [1.54, 1.807) is 18.3 Å². The van der Waals surface area contributed by atoms with E-state index in [1.807, 2.05) is 18.2 Å². The van der Waals surface area contributed by atoms with Crippen molar-refractivity contribution >= 4 is 49.1 Å². The third kappa shape index (κ3) is 3.69. The van der Waals surface area contributed by atoms with Gasteiger partial charge in [-0.2, -0.15) is 5.26 Å². The standard InChI is InChI=1S/C13H8Br2ClN3/c14-9-3-11(15)13(19-6-9)7-18-10-2-1-8(5-17)12(16)4-10/h1-4,6,18H,7H2. The number of nitriles is 1. The molecule has 1 N–H and O–H groups in total. The Morgan fingerprint density at radius 1 is 1.32 bits per heavy atom. The second-order valence-corrected chi connectivity index (χ2v) is 5.92. The second kappa shape index (κ2) is 6.38. The molecule has 1 aromatic carbocycles. The molecule has 2 aromatic rings. The van der Waals surface area contributed by atoms with Gasteiger partial charge in [0.1, 0.15) is 6.07 Å². The van der Waals surface area contributed by atoms with E-state index in [0.717, 1.165) is 20.3 Å². The van der Waals surface area contributed by atoms with Crippen LogP contribution in [-0.2, 0) is 6.54 Å². The maximum Gasteiger partial charge on any atom is 0.101 e. The van der Waals surface area contributed by atoms with Crippen LogP contribution >= 0.6 is 43.5 Å². The van der Waals surface area contributed by atoms with Crippen LogP contribution in [-0.4, -0.2) is 4.98 Å². The fraction of sp³-hybridized carbons (Fsp3) is 0.0769. The molecule has 96 valence electrons. The minimum absolute atomic E-state index is 0.440. The van der Waals surface area contributed by atoms with Crippen LogP contribution in [0.2, 0.25) is 5.02 Å². The minimum Gasteiger partial charge on any atom is -0.379 e. The maximum atomic E-state index is 8.80. The van der Waals surface area contributed by atoms with Crippen molar-refractivity contribution in [3.63, 3.8) is 0 Å². The molecule has 6 heteroatoms. The number of benzene rings is 1. The van der Waals surface area contributed by atoms with Gasteiger partial charge < -0.3 is 5.32 Å². The molecule has 0 fully saturated rings. The Balaban J connectivity index is 2.10. The Morgan fingerprint density at radius 2 is 2.11 bits per heavy atom. The van der Waals surface area contributed by atoms with E-state index >= 15 is 0 Å². The molecule has 1 aromatic heterocycles. The molecule has 0 radical (unpaired) electrons. The van der Waals surface area contributed by atoms with Gasteiger partial charge in [0.2, 0.25) is 0 Å². The number of aromatic nitrogens is 1. The summed E-state index contributed by atoms with van der Waals surface area (Å²) in [6.45, 7) is 0.566. The number of hydrogen-bond acceptors (Lipinski definition) is 3. The number of rotatable bonds is 3. The molecule has 2 rings (SSSR count). The van der Waals surface area contributed by atoms with Gasteiger partial charge in [0.05, 0.1) is 22.8 Å². The van der Waals surface area contributed by atoms with E-state index in [4.69, 9.17) is 16.9 Å².